The maximum atomic E-state index is 12.1. The Morgan fingerprint density at radius 3 is 2.79 bits per heavy atom. The van der Waals surface area contributed by atoms with Crippen LogP contribution in [0, 0.1) is 6.92 Å². The molecule has 3 rings (SSSR count). The minimum Gasteiger partial charge on any atom is -0.334 e. The van der Waals surface area contributed by atoms with Crippen LogP contribution in [0.3, 0.4) is 0 Å². The largest absolute Gasteiger partial charge is 0.334 e. The zero-order chi connectivity index (χ0) is 17.1. The molecule has 2 aromatic carbocycles. The van der Waals surface area contributed by atoms with Crippen molar-refractivity contribution >= 4 is 34.2 Å². The number of nitrogens with one attached hydrogen (secondary N) is 3. The summed E-state index contributed by atoms with van der Waals surface area (Å²) in [4.78, 5) is 26.9. The number of pyridine rings is 1. The van der Waals surface area contributed by atoms with E-state index in [4.69, 9.17) is 11.6 Å². The second kappa shape index (κ2) is 6.76. The average Bonchev–Trinajstić information content (AvgIpc) is 2.53. The standard InChI is InChI=1S/C18H16ClN3O2/c1-11-5-6-12-8-13(17(23)22-16(12)7-11)10-20-18(24)21-15-4-2-3-14(19)9-15/h2-9H,10H2,1H3,(H,22,23)(H2,20,21,24). The Morgan fingerprint density at radius 1 is 1.17 bits per heavy atom. The molecule has 5 nitrogen and oxygen atoms in total. The van der Waals surface area contributed by atoms with E-state index in [1.807, 2.05) is 25.1 Å². The minimum atomic E-state index is -0.402. The second-order valence-electron chi connectivity index (χ2n) is 5.53. The van der Waals surface area contributed by atoms with E-state index in [-0.39, 0.29) is 12.1 Å². The third kappa shape index (κ3) is 3.75. The summed E-state index contributed by atoms with van der Waals surface area (Å²) in [5.74, 6) is 0. The van der Waals surface area contributed by atoms with Gasteiger partial charge in [-0.25, -0.2) is 4.79 Å². The SMILES string of the molecule is Cc1ccc2cc(CNC(=O)Nc3cccc(Cl)c3)c(=O)[nH]c2c1. The number of urea groups is 1. The summed E-state index contributed by atoms with van der Waals surface area (Å²) >= 11 is 5.87. The van der Waals surface area contributed by atoms with Crippen molar-refractivity contribution in [1.82, 2.24) is 10.3 Å². The number of amides is 2. The lowest BCUT2D eigenvalue weighted by molar-refractivity contribution is 0.251. The van der Waals surface area contributed by atoms with Gasteiger partial charge in [-0.15, -0.1) is 0 Å². The van der Waals surface area contributed by atoms with Crippen LogP contribution in [0.5, 0.6) is 0 Å². The van der Waals surface area contributed by atoms with E-state index in [1.54, 1.807) is 30.3 Å². The van der Waals surface area contributed by atoms with Crippen molar-refractivity contribution in [3.8, 4) is 0 Å². The zero-order valence-corrected chi connectivity index (χ0v) is 13.8. The Labute approximate surface area is 143 Å². The molecule has 0 atom stereocenters. The number of aromatic amines is 1. The number of H-pyrrole nitrogens is 1. The van der Waals surface area contributed by atoms with Gasteiger partial charge in [0.25, 0.3) is 5.56 Å². The highest BCUT2D eigenvalue weighted by Crippen LogP contribution is 2.15. The quantitative estimate of drug-likeness (QED) is 0.677. The molecule has 0 aliphatic rings. The number of aromatic nitrogens is 1. The summed E-state index contributed by atoms with van der Waals surface area (Å²) in [7, 11) is 0. The summed E-state index contributed by atoms with van der Waals surface area (Å²) < 4.78 is 0. The molecule has 1 heterocycles. The Kier molecular flexibility index (Phi) is 4.53. The first-order valence-electron chi connectivity index (χ1n) is 7.44. The lowest BCUT2D eigenvalue weighted by atomic mass is 10.1. The number of halogens is 1. The molecule has 0 spiro atoms. The number of aryl methyl sites for hydroxylation is 1. The predicted octanol–water partition coefficient (Wildman–Crippen LogP) is 3.81. The van der Waals surface area contributed by atoms with Crippen molar-refractivity contribution in [2.45, 2.75) is 13.5 Å². The monoisotopic (exact) mass is 341 g/mol. The third-order valence-electron chi connectivity index (χ3n) is 3.60. The van der Waals surface area contributed by atoms with Gasteiger partial charge in [-0.2, -0.15) is 0 Å². The first-order chi connectivity index (χ1) is 11.5. The van der Waals surface area contributed by atoms with Crippen molar-refractivity contribution in [2.24, 2.45) is 0 Å². The van der Waals surface area contributed by atoms with Crippen LogP contribution in [-0.2, 0) is 6.54 Å². The number of carbonyl (C=O) groups excluding carboxylic acids is 1. The average molecular weight is 342 g/mol. The van der Waals surface area contributed by atoms with Gasteiger partial charge >= 0.3 is 6.03 Å². The number of rotatable bonds is 3. The van der Waals surface area contributed by atoms with Gasteiger partial charge in [0.1, 0.15) is 0 Å². The zero-order valence-electron chi connectivity index (χ0n) is 13.0. The van der Waals surface area contributed by atoms with Gasteiger partial charge in [0.2, 0.25) is 0 Å². The summed E-state index contributed by atoms with van der Waals surface area (Å²) in [6, 6.07) is 14.1. The van der Waals surface area contributed by atoms with Crippen molar-refractivity contribution in [1.29, 1.82) is 0 Å². The lowest BCUT2D eigenvalue weighted by Gasteiger charge is -2.08. The van der Waals surface area contributed by atoms with Crippen LogP contribution in [0.4, 0.5) is 10.5 Å². The van der Waals surface area contributed by atoms with Gasteiger partial charge in [-0.3, -0.25) is 4.79 Å². The fraction of sp³-hybridized carbons (Fsp3) is 0.111. The van der Waals surface area contributed by atoms with Crippen LogP contribution in [0.2, 0.25) is 5.02 Å². The van der Waals surface area contributed by atoms with E-state index in [0.717, 1.165) is 16.5 Å². The van der Waals surface area contributed by atoms with Gasteiger partial charge < -0.3 is 15.6 Å². The van der Waals surface area contributed by atoms with Crippen LogP contribution in [0.25, 0.3) is 10.9 Å². The maximum absolute atomic E-state index is 12.1. The molecule has 0 saturated carbocycles. The van der Waals surface area contributed by atoms with Crippen molar-refractivity contribution in [3.05, 3.63) is 75.0 Å². The molecule has 3 aromatic rings. The molecule has 0 aliphatic carbocycles. The van der Waals surface area contributed by atoms with Crippen LogP contribution in [-0.4, -0.2) is 11.0 Å². The molecule has 2 amide bonds. The molecule has 0 fully saturated rings. The fourth-order valence-electron chi connectivity index (χ4n) is 2.41. The molecule has 0 unspecified atom stereocenters. The number of fused-ring (bicyclic) bond motifs is 1. The molecular formula is C18H16ClN3O2. The Morgan fingerprint density at radius 2 is 2.00 bits per heavy atom. The van der Waals surface area contributed by atoms with E-state index in [1.165, 1.54) is 0 Å². The van der Waals surface area contributed by atoms with Gasteiger partial charge in [0, 0.05) is 28.3 Å². The van der Waals surface area contributed by atoms with Crippen molar-refractivity contribution in [3.63, 3.8) is 0 Å². The fourth-order valence-corrected chi connectivity index (χ4v) is 2.60. The predicted molar refractivity (Wildman–Crippen MR) is 96.6 cm³/mol. The van der Waals surface area contributed by atoms with Gasteiger partial charge in [-0.05, 0) is 48.2 Å². The highest BCUT2D eigenvalue weighted by atomic mass is 35.5. The number of hydrogen-bond acceptors (Lipinski definition) is 2. The molecule has 6 heteroatoms. The number of anilines is 1. The summed E-state index contributed by atoms with van der Waals surface area (Å²) in [5, 5.41) is 6.80. The van der Waals surface area contributed by atoms with E-state index >= 15 is 0 Å². The second-order valence-corrected chi connectivity index (χ2v) is 5.97. The first-order valence-corrected chi connectivity index (χ1v) is 7.82. The Balaban J connectivity index is 1.71. The number of benzene rings is 2. The van der Waals surface area contributed by atoms with Crippen LogP contribution in [0.1, 0.15) is 11.1 Å². The highest BCUT2D eigenvalue weighted by Gasteiger charge is 2.06. The molecular weight excluding hydrogens is 326 g/mol. The molecule has 0 radical (unpaired) electrons. The summed E-state index contributed by atoms with van der Waals surface area (Å²) in [5.41, 5.74) is 2.73. The molecule has 1 aromatic heterocycles. The summed E-state index contributed by atoms with van der Waals surface area (Å²) in [6.07, 6.45) is 0. The Hall–Kier alpha value is -2.79. The molecule has 122 valence electrons. The number of carbonyl (C=O) groups is 1. The van der Waals surface area contributed by atoms with Crippen molar-refractivity contribution < 1.29 is 4.79 Å². The Bertz CT molecular complexity index is 966. The van der Waals surface area contributed by atoms with Crippen LogP contribution in [0.15, 0.2) is 53.3 Å². The molecule has 0 saturated heterocycles. The smallest absolute Gasteiger partial charge is 0.319 e. The highest BCUT2D eigenvalue weighted by molar-refractivity contribution is 6.30. The summed E-state index contributed by atoms with van der Waals surface area (Å²) in [6.45, 7) is 2.10. The molecule has 24 heavy (non-hydrogen) atoms. The minimum absolute atomic E-state index is 0.131. The van der Waals surface area contributed by atoms with E-state index in [9.17, 15) is 9.59 Å². The van der Waals surface area contributed by atoms with E-state index in [2.05, 4.69) is 15.6 Å². The van der Waals surface area contributed by atoms with Crippen molar-refractivity contribution in [2.75, 3.05) is 5.32 Å². The van der Waals surface area contributed by atoms with Gasteiger partial charge in [0.15, 0.2) is 0 Å². The first kappa shape index (κ1) is 16.1. The van der Waals surface area contributed by atoms with E-state index in [0.29, 0.717) is 16.3 Å². The van der Waals surface area contributed by atoms with E-state index < -0.39 is 6.03 Å². The topological polar surface area (TPSA) is 74.0 Å². The normalized spacial score (nSPS) is 10.6. The van der Waals surface area contributed by atoms with Crippen LogP contribution < -0.4 is 16.2 Å². The van der Waals surface area contributed by atoms with Crippen LogP contribution >= 0.6 is 11.6 Å². The van der Waals surface area contributed by atoms with Gasteiger partial charge in [0.05, 0.1) is 0 Å². The number of hydrogen-bond donors (Lipinski definition) is 3. The molecule has 0 bridgehead atoms. The molecule has 0 aliphatic heterocycles. The van der Waals surface area contributed by atoms with Gasteiger partial charge in [-0.1, -0.05) is 29.8 Å². The third-order valence-corrected chi connectivity index (χ3v) is 3.84. The lowest BCUT2D eigenvalue weighted by Crippen LogP contribution is -2.30. The molecule has 3 N–H and O–H groups in total. The maximum Gasteiger partial charge on any atom is 0.319 e.